The van der Waals surface area contributed by atoms with Crippen molar-refractivity contribution in [1.29, 1.82) is 0 Å². The number of rotatable bonds is 10. The van der Waals surface area contributed by atoms with Gasteiger partial charge in [0.15, 0.2) is 0 Å². The SMILES string of the molecule is CCOC(=O)CC(c1cnc2ccccc2c1)n1ccc2cc(OCCc3cccc(N(C)C(=O)OC(C)(C)C)n3)ccc21. The van der Waals surface area contributed by atoms with Gasteiger partial charge in [0.25, 0.3) is 0 Å². The van der Waals surface area contributed by atoms with E-state index < -0.39 is 11.7 Å². The van der Waals surface area contributed by atoms with Crippen LogP contribution in [0, 0.1) is 0 Å². The number of ether oxygens (including phenoxy) is 3. The molecule has 0 N–H and O–H groups in total. The first-order chi connectivity index (χ1) is 21.1. The zero-order valence-electron chi connectivity index (χ0n) is 25.8. The molecule has 0 saturated heterocycles. The number of pyridine rings is 2. The van der Waals surface area contributed by atoms with E-state index in [-0.39, 0.29) is 18.4 Å². The molecular formula is C35H38N4O5. The number of benzene rings is 2. The number of aromatic nitrogens is 3. The Morgan fingerprint density at radius 1 is 0.977 bits per heavy atom. The average molecular weight is 595 g/mol. The van der Waals surface area contributed by atoms with Crippen LogP contribution in [0.1, 0.15) is 51.4 Å². The summed E-state index contributed by atoms with van der Waals surface area (Å²) in [6.07, 6.45) is 4.12. The molecule has 1 amide bonds. The van der Waals surface area contributed by atoms with Gasteiger partial charge in [-0.3, -0.25) is 14.7 Å². The minimum absolute atomic E-state index is 0.186. The molecule has 0 radical (unpaired) electrons. The number of esters is 1. The van der Waals surface area contributed by atoms with E-state index in [0.717, 1.165) is 38.8 Å². The van der Waals surface area contributed by atoms with Crippen LogP contribution >= 0.6 is 0 Å². The Bertz CT molecular complexity index is 1770. The normalized spacial score (nSPS) is 12.2. The third kappa shape index (κ3) is 7.34. The largest absolute Gasteiger partial charge is 0.493 e. The maximum absolute atomic E-state index is 12.7. The molecule has 228 valence electrons. The van der Waals surface area contributed by atoms with Crippen LogP contribution in [-0.2, 0) is 20.7 Å². The maximum Gasteiger partial charge on any atom is 0.415 e. The smallest absolute Gasteiger partial charge is 0.415 e. The van der Waals surface area contributed by atoms with Crippen LogP contribution in [0.15, 0.2) is 85.2 Å². The Hall–Kier alpha value is -4.92. The van der Waals surface area contributed by atoms with Crippen molar-refractivity contribution < 1.29 is 23.8 Å². The molecule has 44 heavy (non-hydrogen) atoms. The number of amides is 1. The summed E-state index contributed by atoms with van der Waals surface area (Å²) in [6.45, 7) is 8.04. The standard InChI is InChI=1S/C35H38N4O5/c1-6-42-33(40)22-31(26-20-24-10-7-8-12-29(24)36-23-26)39-18-16-25-21-28(14-15-30(25)39)43-19-17-27-11-9-13-32(37-27)38(5)34(41)44-35(2,3)4/h7-16,18,20-21,23,31H,6,17,19,22H2,1-5H3. The van der Waals surface area contributed by atoms with Crippen molar-refractivity contribution in [2.45, 2.75) is 52.2 Å². The van der Waals surface area contributed by atoms with Crippen LogP contribution in [0.25, 0.3) is 21.8 Å². The second-order valence-electron chi connectivity index (χ2n) is 11.6. The van der Waals surface area contributed by atoms with Gasteiger partial charge in [-0.2, -0.15) is 0 Å². The predicted molar refractivity (Wildman–Crippen MR) is 171 cm³/mol. The summed E-state index contributed by atoms with van der Waals surface area (Å²) in [4.78, 5) is 35.7. The lowest BCUT2D eigenvalue weighted by Gasteiger charge is -2.24. The third-order valence-corrected chi connectivity index (χ3v) is 7.12. The maximum atomic E-state index is 12.7. The van der Waals surface area contributed by atoms with Gasteiger partial charge in [0.1, 0.15) is 17.2 Å². The zero-order chi connectivity index (χ0) is 31.3. The van der Waals surface area contributed by atoms with Crippen LogP contribution in [-0.4, -0.2) is 52.5 Å². The third-order valence-electron chi connectivity index (χ3n) is 7.12. The lowest BCUT2D eigenvalue weighted by molar-refractivity contribution is -0.143. The molecule has 1 atom stereocenters. The van der Waals surface area contributed by atoms with Gasteiger partial charge in [-0.15, -0.1) is 0 Å². The van der Waals surface area contributed by atoms with Crippen molar-refractivity contribution in [3.63, 3.8) is 0 Å². The fraction of sp³-hybridized carbons (Fsp3) is 0.314. The van der Waals surface area contributed by atoms with Crippen LogP contribution in [0.5, 0.6) is 5.75 Å². The summed E-state index contributed by atoms with van der Waals surface area (Å²) in [5.41, 5.74) is 3.02. The van der Waals surface area contributed by atoms with E-state index in [1.807, 2.05) is 101 Å². The monoisotopic (exact) mass is 594 g/mol. The van der Waals surface area contributed by atoms with E-state index in [4.69, 9.17) is 14.2 Å². The number of hydrogen-bond donors (Lipinski definition) is 0. The van der Waals surface area contributed by atoms with E-state index in [1.54, 1.807) is 13.1 Å². The van der Waals surface area contributed by atoms with Crippen molar-refractivity contribution in [3.05, 3.63) is 96.4 Å². The van der Waals surface area contributed by atoms with Gasteiger partial charge in [0.2, 0.25) is 0 Å². The average Bonchev–Trinajstić information content (AvgIpc) is 3.42. The fourth-order valence-corrected chi connectivity index (χ4v) is 5.02. The Labute approximate surface area is 257 Å². The van der Waals surface area contributed by atoms with Crippen LogP contribution in [0.2, 0.25) is 0 Å². The summed E-state index contributed by atoms with van der Waals surface area (Å²) in [6, 6.07) is 23.2. The summed E-state index contributed by atoms with van der Waals surface area (Å²) in [7, 11) is 1.64. The quantitative estimate of drug-likeness (QED) is 0.159. The number of para-hydroxylation sites is 1. The Morgan fingerprint density at radius 3 is 2.59 bits per heavy atom. The number of nitrogens with zero attached hydrogens (tertiary/aromatic N) is 4. The summed E-state index contributed by atoms with van der Waals surface area (Å²) < 4.78 is 19.0. The zero-order valence-corrected chi connectivity index (χ0v) is 25.8. The molecule has 0 bridgehead atoms. The minimum atomic E-state index is -0.589. The number of carbonyl (C=O) groups is 2. The Kier molecular flexibility index (Phi) is 9.13. The molecule has 0 aliphatic rings. The first kappa shape index (κ1) is 30.5. The van der Waals surface area contributed by atoms with Crippen molar-refractivity contribution in [2.24, 2.45) is 0 Å². The first-order valence-electron chi connectivity index (χ1n) is 14.8. The van der Waals surface area contributed by atoms with Gasteiger partial charge in [0, 0.05) is 47.8 Å². The van der Waals surface area contributed by atoms with Crippen LogP contribution < -0.4 is 9.64 Å². The van der Waals surface area contributed by atoms with Gasteiger partial charge in [-0.1, -0.05) is 24.3 Å². The van der Waals surface area contributed by atoms with Crippen molar-refractivity contribution in [2.75, 3.05) is 25.2 Å². The lowest BCUT2D eigenvalue weighted by Crippen LogP contribution is -2.34. The Morgan fingerprint density at radius 2 is 1.80 bits per heavy atom. The van der Waals surface area contributed by atoms with Crippen LogP contribution in [0.4, 0.5) is 10.6 Å². The fourth-order valence-electron chi connectivity index (χ4n) is 5.02. The summed E-state index contributed by atoms with van der Waals surface area (Å²) in [5.74, 6) is 0.979. The number of carbonyl (C=O) groups excluding carboxylic acids is 2. The van der Waals surface area contributed by atoms with Crippen molar-refractivity contribution in [1.82, 2.24) is 14.5 Å². The number of hydrogen-bond acceptors (Lipinski definition) is 7. The second kappa shape index (κ2) is 13.2. The van der Waals surface area contributed by atoms with Crippen molar-refractivity contribution in [3.8, 4) is 5.75 Å². The van der Waals surface area contributed by atoms with E-state index >= 15 is 0 Å². The van der Waals surface area contributed by atoms with E-state index in [9.17, 15) is 9.59 Å². The second-order valence-corrected chi connectivity index (χ2v) is 11.6. The molecule has 0 aliphatic heterocycles. The number of anilines is 1. The van der Waals surface area contributed by atoms with Gasteiger partial charge >= 0.3 is 12.1 Å². The molecule has 5 aromatic rings. The molecule has 3 aromatic heterocycles. The molecule has 5 rings (SSSR count). The Balaban J connectivity index is 1.30. The highest BCUT2D eigenvalue weighted by Crippen LogP contribution is 2.31. The van der Waals surface area contributed by atoms with Gasteiger partial charge < -0.3 is 18.8 Å². The number of fused-ring (bicyclic) bond motifs is 2. The molecule has 2 aromatic carbocycles. The molecular weight excluding hydrogens is 556 g/mol. The van der Waals surface area contributed by atoms with Gasteiger partial charge in [-0.05, 0) is 81.8 Å². The topological polar surface area (TPSA) is 95.8 Å². The molecule has 9 heteroatoms. The van der Waals surface area contributed by atoms with Gasteiger partial charge in [-0.25, -0.2) is 9.78 Å². The highest BCUT2D eigenvalue weighted by Gasteiger charge is 2.23. The first-order valence-corrected chi connectivity index (χ1v) is 14.8. The van der Waals surface area contributed by atoms with Crippen molar-refractivity contribution >= 4 is 39.7 Å². The summed E-state index contributed by atoms with van der Waals surface area (Å²) in [5, 5.41) is 2.01. The minimum Gasteiger partial charge on any atom is -0.493 e. The lowest BCUT2D eigenvalue weighted by atomic mass is 10.0. The van der Waals surface area contributed by atoms with E-state index in [1.165, 1.54) is 4.90 Å². The highest BCUT2D eigenvalue weighted by atomic mass is 16.6. The van der Waals surface area contributed by atoms with E-state index in [2.05, 4.69) is 20.6 Å². The molecule has 9 nitrogen and oxygen atoms in total. The van der Waals surface area contributed by atoms with Crippen LogP contribution in [0.3, 0.4) is 0 Å². The molecule has 0 spiro atoms. The molecule has 0 saturated carbocycles. The molecule has 0 aliphatic carbocycles. The molecule has 3 heterocycles. The van der Waals surface area contributed by atoms with Gasteiger partial charge in [0.05, 0.1) is 31.2 Å². The van der Waals surface area contributed by atoms with E-state index in [0.29, 0.717) is 25.5 Å². The summed E-state index contributed by atoms with van der Waals surface area (Å²) >= 11 is 0. The molecule has 1 unspecified atom stereocenters. The highest BCUT2D eigenvalue weighted by molar-refractivity contribution is 5.86. The molecule has 0 fully saturated rings. The predicted octanol–water partition coefficient (Wildman–Crippen LogP) is 7.12.